The highest BCUT2D eigenvalue weighted by atomic mass is 16.3. The lowest BCUT2D eigenvalue weighted by molar-refractivity contribution is 0.267. The lowest BCUT2D eigenvalue weighted by Gasteiger charge is -2.22. The Bertz CT molecular complexity index is 374. The fourth-order valence-corrected chi connectivity index (χ4v) is 2.79. The zero-order valence-electron chi connectivity index (χ0n) is 10.7. The fourth-order valence-electron chi connectivity index (χ4n) is 2.79. The van der Waals surface area contributed by atoms with Gasteiger partial charge in [0.05, 0.1) is 12.6 Å². The molecule has 1 heterocycles. The summed E-state index contributed by atoms with van der Waals surface area (Å²) >= 11 is 0. The average Bonchev–Trinajstić information content (AvgIpc) is 2.81. The molecule has 1 aromatic carbocycles. The summed E-state index contributed by atoms with van der Waals surface area (Å²) in [6, 6.07) is 4.13. The topological polar surface area (TPSA) is 49.5 Å². The maximum absolute atomic E-state index is 9.18. The molecule has 2 rings (SSSR count). The second kappa shape index (κ2) is 5.07. The zero-order chi connectivity index (χ0) is 12.4. The van der Waals surface area contributed by atoms with Crippen molar-refractivity contribution in [1.82, 2.24) is 0 Å². The molecule has 0 aliphatic carbocycles. The Hall–Kier alpha value is -1.06. The molecule has 3 nitrogen and oxygen atoms in total. The minimum atomic E-state index is -0.261. The normalized spacial score (nSPS) is 17.5. The van der Waals surface area contributed by atoms with Crippen LogP contribution in [0.2, 0.25) is 0 Å². The molecule has 17 heavy (non-hydrogen) atoms. The van der Waals surface area contributed by atoms with Gasteiger partial charge in [-0.15, -0.1) is 0 Å². The van der Waals surface area contributed by atoms with E-state index < -0.39 is 0 Å². The van der Waals surface area contributed by atoms with E-state index in [-0.39, 0.29) is 12.6 Å². The number of nitrogens with zero attached hydrogens (tertiary/aromatic N) is 1. The molecule has 94 valence electrons. The van der Waals surface area contributed by atoms with Crippen molar-refractivity contribution in [2.75, 3.05) is 24.6 Å². The monoisotopic (exact) mass is 234 g/mol. The van der Waals surface area contributed by atoms with Gasteiger partial charge in [0.1, 0.15) is 0 Å². The minimum absolute atomic E-state index is 0.00470. The van der Waals surface area contributed by atoms with Crippen LogP contribution in [-0.2, 0) is 0 Å². The lowest BCUT2D eigenvalue weighted by atomic mass is 9.96. The van der Waals surface area contributed by atoms with Crippen LogP contribution in [0, 0.1) is 13.8 Å². The minimum Gasteiger partial charge on any atom is -0.394 e. The number of hydrogen-bond donors (Lipinski definition) is 2. The molecule has 3 N–H and O–H groups in total. The highest BCUT2D eigenvalue weighted by Gasteiger charge is 2.16. The van der Waals surface area contributed by atoms with Gasteiger partial charge in [0.2, 0.25) is 0 Å². The highest BCUT2D eigenvalue weighted by molar-refractivity contribution is 5.55. The van der Waals surface area contributed by atoms with Crippen molar-refractivity contribution in [2.45, 2.75) is 32.7 Å². The molecule has 0 saturated carbocycles. The van der Waals surface area contributed by atoms with Crippen molar-refractivity contribution < 1.29 is 5.11 Å². The summed E-state index contributed by atoms with van der Waals surface area (Å²) in [5, 5.41) is 9.18. The van der Waals surface area contributed by atoms with E-state index >= 15 is 0 Å². The van der Waals surface area contributed by atoms with E-state index in [4.69, 9.17) is 5.73 Å². The van der Waals surface area contributed by atoms with E-state index in [0.717, 1.165) is 18.7 Å². The Kier molecular flexibility index (Phi) is 3.69. The van der Waals surface area contributed by atoms with Crippen molar-refractivity contribution in [3.63, 3.8) is 0 Å². The first kappa shape index (κ1) is 12.4. The van der Waals surface area contributed by atoms with Gasteiger partial charge in [0.15, 0.2) is 0 Å². The van der Waals surface area contributed by atoms with Gasteiger partial charge in [-0.05, 0) is 55.5 Å². The quantitative estimate of drug-likeness (QED) is 0.839. The third-order valence-corrected chi connectivity index (χ3v) is 3.62. The van der Waals surface area contributed by atoms with Crippen LogP contribution in [0.1, 0.15) is 35.6 Å². The van der Waals surface area contributed by atoms with E-state index in [9.17, 15) is 5.11 Å². The Balaban J connectivity index is 2.33. The molecule has 0 aromatic heterocycles. The third-order valence-electron chi connectivity index (χ3n) is 3.62. The summed E-state index contributed by atoms with van der Waals surface area (Å²) in [4.78, 5) is 2.42. The van der Waals surface area contributed by atoms with Gasteiger partial charge in [-0.25, -0.2) is 0 Å². The number of rotatable bonds is 3. The SMILES string of the molecule is Cc1cc(N2CCCC2)cc(C)c1[C@H](N)CO. The molecule has 0 radical (unpaired) electrons. The van der Waals surface area contributed by atoms with Gasteiger partial charge in [-0.2, -0.15) is 0 Å². The van der Waals surface area contributed by atoms with Crippen LogP contribution in [0.4, 0.5) is 5.69 Å². The number of benzene rings is 1. The molecule has 0 spiro atoms. The van der Waals surface area contributed by atoms with Crippen LogP contribution < -0.4 is 10.6 Å². The molecular weight excluding hydrogens is 212 g/mol. The van der Waals surface area contributed by atoms with Gasteiger partial charge in [-0.1, -0.05) is 0 Å². The summed E-state index contributed by atoms with van der Waals surface area (Å²) in [7, 11) is 0. The zero-order valence-corrected chi connectivity index (χ0v) is 10.7. The fraction of sp³-hybridized carbons (Fsp3) is 0.571. The van der Waals surface area contributed by atoms with Crippen LogP contribution in [0.5, 0.6) is 0 Å². The molecule has 1 atom stereocenters. The summed E-state index contributed by atoms with van der Waals surface area (Å²) in [6.45, 7) is 6.48. The van der Waals surface area contributed by atoms with Gasteiger partial charge < -0.3 is 15.7 Å². The van der Waals surface area contributed by atoms with E-state index in [0.29, 0.717) is 0 Å². The van der Waals surface area contributed by atoms with Gasteiger partial charge in [0, 0.05) is 18.8 Å². The van der Waals surface area contributed by atoms with Crippen LogP contribution in [-0.4, -0.2) is 24.8 Å². The van der Waals surface area contributed by atoms with E-state index in [2.05, 4.69) is 30.9 Å². The third kappa shape index (κ3) is 2.45. The number of aryl methyl sites for hydroxylation is 2. The van der Waals surface area contributed by atoms with Crippen molar-refractivity contribution in [3.05, 3.63) is 28.8 Å². The van der Waals surface area contributed by atoms with Crippen molar-refractivity contribution in [2.24, 2.45) is 5.73 Å². The Morgan fingerprint density at radius 3 is 2.24 bits per heavy atom. The molecular formula is C14H22N2O. The summed E-state index contributed by atoms with van der Waals surface area (Å²) in [5.41, 5.74) is 10.7. The number of hydrogen-bond acceptors (Lipinski definition) is 3. The van der Waals surface area contributed by atoms with E-state index in [1.807, 2.05) is 0 Å². The number of aliphatic hydroxyl groups excluding tert-OH is 1. The first-order chi connectivity index (χ1) is 8.13. The van der Waals surface area contributed by atoms with Crippen LogP contribution in [0.3, 0.4) is 0 Å². The molecule has 1 aliphatic rings. The van der Waals surface area contributed by atoms with Crippen LogP contribution >= 0.6 is 0 Å². The Morgan fingerprint density at radius 1 is 1.24 bits per heavy atom. The predicted octanol–water partition coefficient (Wildman–Crippen LogP) is 1.90. The summed E-state index contributed by atoms with van der Waals surface area (Å²) < 4.78 is 0. The van der Waals surface area contributed by atoms with Crippen molar-refractivity contribution in [3.8, 4) is 0 Å². The Morgan fingerprint density at radius 2 is 1.76 bits per heavy atom. The molecule has 0 amide bonds. The lowest BCUT2D eigenvalue weighted by Crippen LogP contribution is -2.20. The highest BCUT2D eigenvalue weighted by Crippen LogP contribution is 2.28. The second-order valence-corrected chi connectivity index (χ2v) is 4.98. The van der Waals surface area contributed by atoms with E-state index in [1.54, 1.807) is 0 Å². The van der Waals surface area contributed by atoms with E-state index in [1.165, 1.54) is 29.7 Å². The predicted molar refractivity (Wildman–Crippen MR) is 71.4 cm³/mol. The standard InChI is InChI=1S/C14H22N2O/c1-10-7-12(16-5-3-4-6-16)8-11(2)14(10)13(15)9-17/h7-8,13,17H,3-6,9,15H2,1-2H3/t13-/m1/s1. The molecule has 1 fully saturated rings. The van der Waals surface area contributed by atoms with Crippen molar-refractivity contribution in [1.29, 1.82) is 0 Å². The molecule has 1 saturated heterocycles. The maximum atomic E-state index is 9.18. The molecule has 1 aromatic rings. The smallest absolute Gasteiger partial charge is 0.0624 e. The summed E-state index contributed by atoms with van der Waals surface area (Å²) in [5.74, 6) is 0. The van der Waals surface area contributed by atoms with Gasteiger partial charge in [0.25, 0.3) is 0 Å². The number of anilines is 1. The molecule has 0 bridgehead atoms. The van der Waals surface area contributed by atoms with Crippen LogP contribution in [0.25, 0.3) is 0 Å². The number of aliphatic hydroxyl groups is 1. The molecule has 3 heteroatoms. The number of nitrogens with two attached hydrogens (primary N) is 1. The molecule has 1 aliphatic heterocycles. The van der Waals surface area contributed by atoms with Crippen LogP contribution in [0.15, 0.2) is 12.1 Å². The first-order valence-corrected chi connectivity index (χ1v) is 6.36. The Labute approximate surface area is 103 Å². The maximum Gasteiger partial charge on any atom is 0.0624 e. The second-order valence-electron chi connectivity index (χ2n) is 4.98. The van der Waals surface area contributed by atoms with Gasteiger partial charge in [-0.3, -0.25) is 0 Å². The van der Waals surface area contributed by atoms with Crippen molar-refractivity contribution >= 4 is 5.69 Å². The summed E-state index contributed by atoms with van der Waals surface area (Å²) in [6.07, 6.45) is 2.58. The van der Waals surface area contributed by atoms with Gasteiger partial charge >= 0.3 is 0 Å². The first-order valence-electron chi connectivity index (χ1n) is 6.36. The average molecular weight is 234 g/mol. The largest absolute Gasteiger partial charge is 0.394 e. The molecule has 0 unspecified atom stereocenters.